The quantitative estimate of drug-likeness (QED) is 0.779. The lowest BCUT2D eigenvalue weighted by Gasteiger charge is -1.96. The third-order valence-corrected chi connectivity index (χ3v) is 2.96. The van der Waals surface area contributed by atoms with Crippen molar-refractivity contribution in [2.75, 3.05) is 0 Å². The second-order valence-electron chi connectivity index (χ2n) is 4.34. The smallest absolute Gasteiger partial charge is 0.160 e. The van der Waals surface area contributed by atoms with Gasteiger partial charge in [-0.1, -0.05) is 18.2 Å². The molecule has 0 atom stereocenters. The van der Waals surface area contributed by atoms with E-state index in [1.807, 2.05) is 24.4 Å². The number of benzene rings is 1. The molecule has 0 aliphatic heterocycles. The van der Waals surface area contributed by atoms with Crippen molar-refractivity contribution in [3.63, 3.8) is 0 Å². The van der Waals surface area contributed by atoms with Gasteiger partial charge in [-0.05, 0) is 23.8 Å². The first kappa shape index (κ1) is 11.8. The zero-order chi connectivity index (χ0) is 13.2. The molecule has 0 saturated carbocycles. The van der Waals surface area contributed by atoms with E-state index >= 15 is 0 Å². The molecule has 0 bridgehead atoms. The van der Waals surface area contributed by atoms with Crippen LogP contribution in [0.15, 0.2) is 42.6 Å². The summed E-state index contributed by atoms with van der Waals surface area (Å²) in [6.45, 7) is 0.419. The normalized spacial score (nSPS) is 11.1. The summed E-state index contributed by atoms with van der Waals surface area (Å²) < 4.78 is 14.8. The van der Waals surface area contributed by atoms with Gasteiger partial charge in [0.2, 0.25) is 0 Å². The molecule has 3 rings (SSSR count). The van der Waals surface area contributed by atoms with Crippen LogP contribution < -0.4 is 5.73 Å². The van der Waals surface area contributed by atoms with E-state index in [-0.39, 0.29) is 5.82 Å². The number of fused-ring (bicyclic) bond motifs is 1. The van der Waals surface area contributed by atoms with Crippen LogP contribution in [0.2, 0.25) is 0 Å². The van der Waals surface area contributed by atoms with Crippen LogP contribution in [0.4, 0.5) is 4.39 Å². The molecule has 0 aliphatic carbocycles. The molecule has 5 heteroatoms. The van der Waals surface area contributed by atoms with Crippen molar-refractivity contribution < 1.29 is 4.39 Å². The highest BCUT2D eigenvalue weighted by Gasteiger charge is 2.08. The molecular formula is C14H13FN4. The van der Waals surface area contributed by atoms with Gasteiger partial charge in [-0.25, -0.2) is 13.9 Å². The van der Waals surface area contributed by atoms with Gasteiger partial charge in [-0.2, -0.15) is 5.10 Å². The minimum absolute atomic E-state index is 0.246. The summed E-state index contributed by atoms with van der Waals surface area (Å²) >= 11 is 0. The van der Waals surface area contributed by atoms with Crippen molar-refractivity contribution in [3.05, 3.63) is 65.4 Å². The molecule has 0 fully saturated rings. The number of nitrogens with zero attached hydrogens (tertiary/aromatic N) is 3. The van der Waals surface area contributed by atoms with Gasteiger partial charge >= 0.3 is 0 Å². The fraction of sp³-hybridized carbons (Fsp3) is 0.143. The SMILES string of the molecule is NCc1cccn2nc(Cc3cccc(F)c3)nc12. The van der Waals surface area contributed by atoms with E-state index in [2.05, 4.69) is 10.1 Å². The number of pyridine rings is 1. The molecule has 2 heterocycles. The first-order valence-corrected chi connectivity index (χ1v) is 6.04. The van der Waals surface area contributed by atoms with Crippen LogP contribution in [0.25, 0.3) is 5.65 Å². The van der Waals surface area contributed by atoms with Crippen LogP contribution in [0.5, 0.6) is 0 Å². The van der Waals surface area contributed by atoms with Gasteiger partial charge in [0, 0.05) is 24.7 Å². The minimum atomic E-state index is -0.246. The van der Waals surface area contributed by atoms with Crippen molar-refractivity contribution in [1.82, 2.24) is 14.6 Å². The molecule has 19 heavy (non-hydrogen) atoms. The van der Waals surface area contributed by atoms with E-state index in [4.69, 9.17) is 5.73 Å². The maximum absolute atomic E-state index is 13.1. The van der Waals surface area contributed by atoms with E-state index in [0.717, 1.165) is 16.8 Å². The zero-order valence-electron chi connectivity index (χ0n) is 10.3. The van der Waals surface area contributed by atoms with E-state index in [9.17, 15) is 4.39 Å². The predicted octanol–water partition coefficient (Wildman–Crippen LogP) is 1.92. The summed E-state index contributed by atoms with van der Waals surface area (Å²) in [4.78, 5) is 4.46. The number of aromatic nitrogens is 3. The van der Waals surface area contributed by atoms with Crippen LogP contribution >= 0.6 is 0 Å². The first-order valence-electron chi connectivity index (χ1n) is 6.04. The maximum Gasteiger partial charge on any atom is 0.160 e. The van der Waals surface area contributed by atoms with Gasteiger partial charge in [0.05, 0.1) is 0 Å². The van der Waals surface area contributed by atoms with Crippen molar-refractivity contribution in [2.24, 2.45) is 5.73 Å². The summed E-state index contributed by atoms with van der Waals surface area (Å²) in [5.41, 5.74) is 8.22. The van der Waals surface area contributed by atoms with Gasteiger partial charge in [0.15, 0.2) is 11.5 Å². The molecule has 0 unspecified atom stereocenters. The summed E-state index contributed by atoms with van der Waals surface area (Å²) in [5, 5.41) is 4.37. The molecule has 0 amide bonds. The minimum Gasteiger partial charge on any atom is -0.326 e. The Morgan fingerprint density at radius 1 is 1.21 bits per heavy atom. The second kappa shape index (κ2) is 4.78. The Bertz CT molecular complexity index is 720. The summed E-state index contributed by atoms with van der Waals surface area (Å²) in [6.07, 6.45) is 2.33. The number of halogens is 1. The van der Waals surface area contributed by atoms with Crippen molar-refractivity contribution in [3.8, 4) is 0 Å². The Morgan fingerprint density at radius 2 is 2.11 bits per heavy atom. The van der Waals surface area contributed by atoms with Gasteiger partial charge in [0.1, 0.15) is 5.82 Å². The maximum atomic E-state index is 13.1. The molecule has 0 radical (unpaired) electrons. The Labute approximate surface area is 109 Å². The van der Waals surface area contributed by atoms with Crippen LogP contribution in [0, 0.1) is 5.82 Å². The zero-order valence-corrected chi connectivity index (χ0v) is 10.3. The van der Waals surface area contributed by atoms with Crippen molar-refractivity contribution >= 4 is 5.65 Å². The lowest BCUT2D eigenvalue weighted by molar-refractivity contribution is 0.625. The first-order chi connectivity index (χ1) is 9.26. The highest BCUT2D eigenvalue weighted by Crippen LogP contribution is 2.12. The van der Waals surface area contributed by atoms with Crippen LogP contribution in [0.1, 0.15) is 17.0 Å². The second-order valence-corrected chi connectivity index (χ2v) is 4.34. The van der Waals surface area contributed by atoms with E-state index < -0.39 is 0 Å². The predicted molar refractivity (Wildman–Crippen MR) is 70.1 cm³/mol. The Kier molecular flexibility index (Phi) is 2.97. The average Bonchev–Trinajstić information content (AvgIpc) is 2.80. The molecule has 3 aromatic rings. The molecule has 2 N–H and O–H groups in total. The van der Waals surface area contributed by atoms with E-state index in [1.165, 1.54) is 12.1 Å². The fourth-order valence-corrected chi connectivity index (χ4v) is 2.07. The molecule has 0 aliphatic rings. The molecule has 1 aromatic carbocycles. The molecule has 2 aromatic heterocycles. The number of hydrogen-bond acceptors (Lipinski definition) is 3. The summed E-state index contributed by atoms with van der Waals surface area (Å²) in [7, 11) is 0. The molecular weight excluding hydrogens is 243 g/mol. The van der Waals surface area contributed by atoms with Gasteiger partial charge in [0.25, 0.3) is 0 Å². The molecule has 96 valence electrons. The largest absolute Gasteiger partial charge is 0.326 e. The lowest BCUT2D eigenvalue weighted by atomic mass is 10.1. The topological polar surface area (TPSA) is 56.2 Å². The van der Waals surface area contributed by atoms with Crippen molar-refractivity contribution in [2.45, 2.75) is 13.0 Å². The Morgan fingerprint density at radius 3 is 2.89 bits per heavy atom. The molecule has 0 spiro atoms. The number of nitrogens with two attached hydrogens (primary N) is 1. The van der Waals surface area contributed by atoms with Crippen LogP contribution in [0.3, 0.4) is 0 Å². The van der Waals surface area contributed by atoms with Gasteiger partial charge in [-0.15, -0.1) is 0 Å². The van der Waals surface area contributed by atoms with Gasteiger partial charge < -0.3 is 5.73 Å². The standard InChI is InChI=1S/C14H13FN4/c15-12-5-1-3-10(7-12)8-13-17-14-11(9-16)4-2-6-19(14)18-13/h1-7H,8-9,16H2. The lowest BCUT2D eigenvalue weighted by Crippen LogP contribution is -1.99. The van der Waals surface area contributed by atoms with Crippen LogP contribution in [-0.4, -0.2) is 14.6 Å². The third-order valence-electron chi connectivity index (χ3n) is 2.96. The number of rotatable bonds is 3. The molecule has 0 saturated heterocycles. The van der Waals surface area contributed by atoms with E-state index in [1.54, 1.807) is 10.6 Å². The Hall–Kier alpha value is -2.27. The average molecular weight is 256 g/mol. The van der Waals surface area contributed by atoms with E-state index in [0.29, 0.717) is 18.8 Å². The summed E-state index contributed by atoms with van der Waals surface area (Å²) in [6, 6.07) is 10.3. The number of hydrogen-bond donors (Lipinski definition) is 1. The summed E-state index contributed by atoms with van der Waals surface area (Å²) in [5.74, 6) is 0.412. The Balaban J connectivity index is 1.98. The monoisotopic (exact) mass is 256 g/mol. The highest BCUT2D eigenvalue weighted by molar-refractivity contribution is 5.47. The van der Waals surface area contributed by atoms with Crippen LogP contribution in [-0.2, 0) is 13.0 Å². The third kappa shape index (κ3) is 2.32. The highest BCUT2D eigenvalue weighted by atomic mass is 19.1. The van der Waals surface area contributed by atoms with Gasteiger partial charge in [-0.3, -0.25) is 0 Å². The molecule has 4 nitrogen and oxygen atoms in total. The van der Waals surface area contributed by atoms with Crippen molar-refractivity contribution in [1.29, 1.82) is 0 Å². The fourth-order valence-electron chi connectivity index (χ4n) is 2.07.